The minimum absolute atomic E-state index is 0.00483. The van der Waals surface area contributed by atoms with Crippen LogP contribution in [0.2, 0.25) is 0 Å². The third kappa shape index (κ3) is 5.93. The van der Waals surface area contributed by atoms with E-state index in [2.05, 4.69) is 48.7 Å². The molecule has 0 aliphatic heterocycles. The van der Waals surface area contributed by atoms with Gasteiger partial charge in [0.05, 0.1) is 21.2 Å². The lowest BCUT2D eigenvalue weighted by atomic mass is 10.0. The molecular weight excluding hydrogens is 520 g/mol. The van der Waals surface area contributed by atoms with Gasteiger partial charge in [-0.1, -0.05) is 63.1 Å². The maximum absolute atomic E-state index is 13.6. The maximum atomic E-state index is 13.6. The van der Waals surface area contributed by atoms with Crippen LogP contribution in [0.3, 0.4) is 0 Å². The number of nitrogens with one attached hydrogen (secondary N) is 4. The molecule has 0 saturated heterocycles. The van der Waals surface area contributed by atoms with Crippen LogP contribution in [0.25, 0.3) is 12.4 Å². The summed E-state index contributed by atoms with van der Waals surface area (Å²) in [7, 11) is 0. The van der Waals surface area contributed by atoms with Crippen molar-refractivity contribution in [2.24, 2.45) is 0 Å². The fraction of sp³-hybridized carbons (Fsp3) is 0.222. The molecular formula is C36H36N4O2. The highest BCUT2D eigenvalue weighted by Crippen LogP contribution is 2.12. The summed E-state index contributed by atoms with van der Waals surface area (Å²) >= 11 is 0. The van der Waals surface area contributed by atoms with Crippen molar-refractivity contribution in [1.82, 2.24) is 0 Å². The highest BCUT2D eigenvalue weighted by Gasteiger charge is 2.09. The first-order chi connectivity index (χ1) is 20.4. The predicted octanol–water partition coefficient (Wildman–Crippen LogP) is 4.08. The summed E-state index contributed by atoms with van der Waals surface area (Å²) in [5.41, 5.74) is 3.50. The van der Waals surface area contributed by atoms with Gasteiger partial charge in [0.15, 0.2) is 10.9 Å². The number of aryl methyl sites for hydroxylation is 2. The number of rotatable bonds is 10. The Bertz CT molecular complexity index is 2020. The van der Waals surface area contributed by atoms with Gasteiger partial charge in [0, 0.05) is 44.6 Å². The van der Waals surface area contributed by atoms with E-state index >= 15 is 0 Å². The average Bonchev–Trinajstić information content (AvgIpc) is 3.01. The lowest BCUT2D eigenvalue weighted by molar-refractivity contribution is 0.795. The van der Waals surface area contributed by atoms with E-state index in [4.69, 9.17) is 10.8 Å². The van der Waals surface area contributed by atoms with Gasteiger partial charge in [-0.2, -0.15) is 0 Å². The molecule has 0 unspecified atom stereocenters. The molecule has 42 heavy (non-hydrogen) atoms. The predicted molar refractivity (Wildman–Crippen MR) is 169 cm³/mol. The molecule has 0 saturated carbocycles. The Labute approximate surface area is 243 Å². The largest absolute Gasteiger partial charge is 0.361 e. The van der Waals surface area contributed by atoms with Crippen LogP contribution in [-0.2, 0) is 12.8 Å². The summed E-state index contributed by atoms with van der Waals surface area (Å²) in [5.74, 6) is 0. The molecule has 6 nitrogen and oxygen atoms in total. The molecule has 0 radical (unpaired) electrons. The Kier molecular flexibility index (Phi) is 8.72. The van der Waals surface area contributed by atoms with Crippen LogP contribution in [0.5, 0.6) is 0 Å². The van der Waals surface area contributed by atoms with E-state index in [0.717, 1.165) is 49.9 Å². The van der Waals surface area contributed by atoms with Gasteiger partial charge in [0.2, 0.25) is 0 Å². The summed E-state index contributed by atoms with van der Waals surface area (Å²) < 4.78 is 0. The van der Waals surface area contributed by atoms with Crippen molar-refractivity contribution in [3.05, 3.63) is 146 Å². The summed E-state index contributed by atoms with van der Waals surface area (Å²) in [6, 6.07) is 22.9. The fourth-order valence-corrected chi connectivity index (χ4v) is 5.22. The van der Waals surface area contributed by atoms with Gasteiger partial charge in [0.1, 0.15) is 0 Å². The van der Waals surface area contributed by atoms with Crippen molar-refractivity contribution in [1.29, 1.82) is 10.8 Å². The molecule has 4 N–H and O–H groups in total. The molecule has 0 heterocycles. The van der Waals surface area contributed by atoms with Gasteiger partial charge in [-0.05, 0) is 73.2 Å². The highest BCUT2D eigenvalue weighted by molar-refractivity contribution is 5.56. The fourth-order valence-electron chi connectivity index (χ4n) is 5.22. The van der Waals surface area contributed by atoms with E-state index < -0.39 is 10.9 Å². The topological polar surface area (TPSA) is 106 Å². The zero-order chi connectivity index (χ0) is 29.6. The first-order valence-electron chi connectivity index (χ1n) is 14.6. The zero-order valence-electron chi connectivity index (χ0n) is 24.1. The molecule has 212 valence electrons. The molecule has 0 amide bonds. The quantitative estimate of drug-likeness (QED) is 0.208. The van der Waals surface area contributed by atoms with E-state index in [1.807, 2.05) is 24.3 Å². The Morgan fingerprint density at radius 1 is 0.571 bits per heavy atom. The molecule has 6 heteroatoms. The Morgan fingerprint density at radius 2 is 0.952 bits per heavy atom. The molecule has 0 spiro atoms. The van der Waals surface area contributed by atoms with E-state index in [-0.39, 0.29) is 31.6 Å². The van der Waals surface area contributed by atoms with Gasteiger partial charge >= 0.3 is 0 Å². The Hall–Kier alpha value is -4.84. The molecule has 0 atom stereocenters. The molecule has 3 aliphatic rings. The van der Waals surface area contributed by atoms with Crippen molar-refractivity contribution in [2.45, 2.75) is 52.4 Å². The first-order valence-corrected chi connectivity index (χ1v) is 14.6. The maximum Gasteiger partial charge on any atom is 0.196 e. The average molecular weight is 557 g/mol. The van der Waals surface area contributed by atoms with Crippen molar-refractivity contribution in [3.63, 3.8) is 0 Å². The Balaban J connectivity index is 1.51. The van der Waals surface area contributed by atoms with Crippen LogP contribution < -0.4 is 42.6 Å². The molecule has 0 aromatic heterocycles. The molecule has 3 aliphatic carbocycles. The van der Waals surface area contributed by atoms with Crippen molar-refractivity contribution in [2.75, 3.05) is 10.6 Å². The van der Waals surface area contributed by atoms with Gasteiger partial charge in [-0.3, -0.25) is 20.4 Å². The van der Waals surface area contributed by atoms with Crippen LogP contribution in [0.4, 0.5) is 11.4 Å². The third-order valence-electron chi connectivity index (χ3n) is 7.75. The third-order valence-corrected chi connectivity index (χ3v) is 7.75. The zero-order valence-corrected chi connectivity index (χ0v) is 24.1. The van der Waals surface area contributed by atoms with Crippen LogP contribution in [0.15, 0.2) is 82.4 Å². The SMILES string of the molecule is CCCCc1ccc(NC=c2ccc3c(=O)c4c(=N)c(=CNc5ccc(CCCC)cc5)ccc=4c(=O)c=3c2=N)cc1. The van der Waals surface area contributed by atoms with E-state index in [9.17, 15) is 9.59 Å². The minimum Gasteiger partial charge on any atom is -0.361 e. The smallest absolute Gasteiger partial charge is 0.196 e. The number of hydrogen-bond donors (Lipinski definition) is 4. The molecule has 0 bridgehead atoms. The number of benzene rings is 2. The van der Waals surface area contributed by atoms with Gasteiger partial charge < -0.3 is 10.6 Å². The van der Waals surface area contributed by atoms with Gasteiger partial charge in [-0.25, -0.2) is 0 Å². The van der Waals surface area contributed by atoms with E-state index in [1.165, 1.54) is 11.1 Å². The van der Waals surface area contributed by atoms with Crippen LogP contribution in [0, 0.1) is 31.7 Å². The van der Waals surface area contributed by atoms with Crippen LogP contribution >= 0.6 is 0 Å². The van der Waals surface area contributed by atoms with Crippen molar-refractivity contribution < 1.29 is 0 Å². The number of anilines is 2. The molecule has 2 aromatic carbocycles. The van der Waals surface area contributed by atoms with Gasteiger partial charge in [0.25, 0.3) is 0 Å². The van der Waals surface area contributed by atoms with Crippen LogP contribution in [0.1, 0.15) is 50.7 Å². The monoisotopic (exact) mass is 556 g/mol. The van der Waals surface area contributed by atoms with Crippen molar-refractivity contribution >= 4 is 23.8 Å². The number of unbranched alkanes of at least 4 members (excludes halogenated alkanes) is 2. The first kappa shape index (κ1) is 28.7. The lowest BCUT2D eigenvalue weighted by Gasteiger charge is -2.04. The minimum atomic E-state index is -0.407. The lowest BCUT2D eigenvalue weighted by Crippen LogP contribution is -2.37. The highest BCUT2D eigenvalue weighted by atomic mass is 16.1. The summed E-state index contributed by atoms with van der Waals surface area (Å²) in [5, 5.41) is 25.4. The standard InChI is InChI=1S/C36H36N4O2/c1-3-5-7-23-9-15-27(16-10-23)39-21-25-13-19-29-31(33(25)37)35(41)30-20-14-26(34(38)32(30)36(29)42)22-40-28-17-11-24(12-18-28)8-6-4-2/h9-22,37-40H,3-8H2,1-2H3. The molecule has 2 aromatic rings. The number of hydrogen-bond acceptors (Lipinski definition) is 6. The second-order valence-corrected chi connectivity index (χ2v) is 10.7. The molecule has 0 fully saturated rings. The summed E-state index contributed by atoms with van der Waals surface area (Å²) in [6.07, 6.45) is 10.1. The molecule has 5 rings (SSSR count). The Morgan fingerprint density at radius 3 is 1.31 bits per heavy atom. The second kappa shape index (κ2) is 12.8. The summed E-state index contributed by atoms with van der Waals surface area (Å²) in [6.45, 7) is 4.35. The van der Waals surface area contributed by atoms with E-state index in [1.54, 1.807) is 36.7 Å². The summed E-state index contributed by atoms with van der Waals surface area (Å²) in [4.78, 5) is 27.1. The normalized spacial score (nSPS) is 12.3. The second-order valence-electron chi connectivity index (χ2n) is 10.7. The van der Waals surface area contributed by atoms with Crippen molar-refractivity contribution in [3.8, 4) is 0 Å². The van der Waals surface area contributed by atoms with Gasteiger partial charge in [-0.15, -0.1) is 0 Å². The van der Waals surface area contributed by atoms with E-state index in [0.29, 0.717) is 10.4 Å². The van der Waals surface area contributed by atoms with Crippen LogP contribution in [-0.4, -0.2) is 0 Å².